The van der Waals surface area contributed by atoms with Crippen LogP contribution < -0.4 is 10.6 Å². The Morgan fingerprint density at radius 2 is 1.95 bits per heavy atom. The Balaban J connectivity index is 1.66. The number of rotatable bonds is 6. The largest absolute Gasteiger partial charge is 0.367 e. The van der Waals surface area contributed by atoms with Crippen LogP contribution in [0.5, 0.6) is 0 Å². The molecule has 20 heavy (non-hydrogen) atoms. The Morgan fingerprint density at radius 1 is 1.15 bits per heavy atom. The van der Waals surface area contributed by atoms with Crippen molar-refractivity contribution in [3.63, 3.8) is 0 Å². The number of hydrogen-bond acceptors (Lipinski definition) is 4. The maximum atomic E-state index is 11.7. The summed E-state index contributed by atoms with van der Waals surface area (Å²) in [4.78, 5) is 19.8. The van der Waals surface area contributed by atoms with Crippen molar-refractivity contribution < 1.29 is 4.79 Å². The van der Waals surface area contributed by atoms with E-state index in [1.54, 1.807) is 18.6 Å². The lowest BCUT2D eigenvalue weighted by Crippen LogP contribution is -2.30. The highest BCUT2D eigenvalue weighted by Crippen LogP contribution is 2.03. The topological polar surface area (TPSA) is 66.9 Å². The van der Waals surface area contributed by atoms with Crippen LogP contribution in [0.2, 0.25) is 0 Å². The molecule has 5 nitrogen and oxygen atoms in total. The number of nitrogens with one attached hydrogen (secondary N) is 2. The summed E-state index contributed by atoms with van der Waals surface area (Å²) >= 11 is 0. The van der Waals surface area contributed by atoms with Crippen molar-refractivity contribution in [1.29, 1.82) is 0 Å². The number of hydrogen-bond donors (Lipinski definition) is 2. The summed E-state index contributed by atoms with van der Waals surface area (Å²) in [6, 6.07) is 7.98. The molecule has 0 saturated carbocycles. The quantitative estimate of drug-likeness (QED) is 0.782. The molecule has 104 valence electrons. The van der Waals surface area contributed by atoms with Crippen LogP contribution in [0.4, 0.5) is 5.82 Å². The molecular weight excluding hydrogens is 252 g/mol. The van der Waals surface area contributed by atoms with Gasteiger partial charge in [-0.2, -0.15) is 0 Å². The number of carbonyl (C=O) groups is 1. The molecule has 2 rings (SSSR count). The average Bonchev–Trinajstić information content (AvgIpc) is 2.47. The first kappa shape index (κ1) is 14.0. The van der Waals surface area contributed by atoms with Gasteiger partial charge in [0, 0.05) is 25.5 Å². The van der Waals surface area contributed by atoms with Crippen molar-refractivity contribution in [1.82, 2.24) is 15.3 Å². The number of aryl methyl sites for hydroxylation is 1. The van der Waals surface area contributed by atoms with E-state index in [0.29, 0.717) is 25.3 Å². The highest BCUT2D eigenvalue weighted by atomic mass is 16.1. The molecule has 0 atom stereocenters. The third-order valence-corrected chi connectivity index (χ3v) is 2.80. The van der Waals surface area contributed by atoms with Crippen LogP contribution in [0.3, 0.4) is 0 Å². The molecule has 0 saturated heterocycles. The second-order valence-electron chi connectivity index (χ2n) is 4.53. The van der Waals surface area contributed by atoms with Gasteiger partial charge in [0.1, 0.15) is 5.82 Å². The minimum Gasteiger partial charge on any atom is -0.367 e. The van der Waals surface area contributed by atoms with Crippen LogP contribution in [-0.4, -0.2) is 29.0 Å². The maximum Gasteiger partial charge on any atom is 0.224 e. The van der Waals surface area contributed by atoms with E-state index in [1.807, 2.05) is 31.2 Å². The summed E-state index contributed by atoms with van der Waals surface area (Å²) in [5, 5.41) is 5.95. The number of anilines is 1. The second kappa shape index (κ2) is 7.23. The lowest BCUT2D eigenvalue weighted by Gasteiger charge is -2.07. The summed E-state index contributed by atoms with van der Waals surface area (Å²) in [7, 11) is 0. The number of amides is 1. The van der Waals surface area contributed by atoms with E-state index in [2.05, 4.69) is 20.6 Å². The molecule has 2 aromatic rings. The molecule has 1 heterocycles. The van der Waals surface area contributed by atoms with Crippen LogP contribution in [0.25, 0.3) is 0 Å². The Morgan fingerprint density at radius 3 is 2.65 bits per heavy atom. The summed E-state index contributed by atoms with van der Waals surface area (Å²) in [6.07, 6.45) is 5.30. The van der Waals surface area contributed by atoms with Crippen molar-refractivity contribution in [3.05, 3.63) is 54.0 Å². The molecule has 0 unspecified atom stereocenters. The van der Waals surface area contributed by atoms with Gasteiger partial charge in [0.05, 0.1) is 12.6 Å². The van der Waals surface area contributed by atoms with E-state index < -0.39 is 0 Å². The van der Waals surface area contributed by atoms with Crippen LogP contribution in [0.1, 0.15) is 11.1 Å². The molecule has 0 aliphatic heterocycles. The maximum absolute atomic E-state index is 11.7. The molecule has 0 bridgehead atoms. The van der Waals surface area contributed by atoms with E-state index in [0.717, 1.165) is 5.56 Å². The Labute approximate surface area is 118 Å². The van der Waals surface area contributed by atoms with E-state index in [4.69, 9.17) is 0 Å². The van der Waals surface area contributed by atoms with Gasteiger partial charge in [-0.15, -0.1) is 0 Å². The number of nitrogens with zero attached hydrogens (tertiary/aromatic N) is 2. The zero-order valence-corrected chi connectivity index (χ0v) is 11.5. The Kier molecular flexibility index (Phi) is 5.06. The first-order chi connectivity index (χ1) is 9.74. The van der Waals surface area contributed by atoms with E-state index in [-0.39, 0.29) is 5.91 Å². The fraction of sp³-hybridized carbons (Fsp3) is 0.267. The molecule has 2 N–H and O–H groups in total. The van der Waals surface area contributed by atoms with Gasteiger partial charge < -0.3 is 10.6 Å². The first-order valence-electron chi connectivity index (χ1n) is 6.56. The molecule has 0 aliphatic rings. The molecule has 1 aromatic heterocycles. The van der Waals surface area contributed by atoms with E-state index >= 15 is 0 Å². The van der Waals surface area contributed by atoms with Gasteiger partial charge in [-0.3, -0.25) is 9.78 Å². The minimum absolute atomic E-state index is 0.0230. The van der Waals surface area contributed by atoms with Gasteiger partial charge in [-0.25, -0.2) is 4.98 Å². The fourth-order valence-electron chi connectivity index (χ4n) is 1.74. The molecular formula is C15H18N4O. The number of carbonyl (C=O) groups excluding carboxylic acids is 1. The van der Waals surface area contributed by atoms with E-state index in [9.17, 15) is 4.79 Å². The predicted octanol–water partition coefficient (Wildman–Crippen LogP) is 1.56. The fourth-order valence-corrected chi connectivity index (χ4v) is 1.74. The zero-order valence-electron chi connectivity index (χ0n) is 11.5. The van der Waals surface area contributed by atoms with Crippen LogP contribution in [0.15, 0.2) is 42.9 Å². The van der Waals surface area contributed by atoms with Crippen molar-refractivity contribution in [2.24, 2.45) is 0 Å². The van der Waals surface area contributed by atoms with Gasteiger partial charge in [-0.05, 0) is 12.5 Å². The first-order valence-corrected chi connectivity index (χ1v) is 6.56. The smallest absolute Gasteiger partial charge is 0.224 e. The lowest BCUT2D eigenvalue weighted by molar-refractivity contribution is -0.120. The summed E-state index contributed by atoms with van der Waals surface area (Å²) in [5.41, 5.74) is 2.22. The highest BCUT2D eigenvalue weighted by Gasteiger charge is 2.02. The standard InChI is InChI=1S/C15H18N4O/c1-12-2-4-13(5-3-12)10-15(20)19-9-8-18-14-11-16-6-7-17-14/h2-7,11H,8-10H2,1H3,(H,17,18)(H,19,20). The summed E-state index contributed by atoms with van der Waals surface area (Å²) in [6.45, 7) is 3.21. The Bertz CT molecular complexity index is 540. The van der Waals surface area contributed by atoms with Gasteiger partial charge >= 0.3 is 0 Å². The summed E-state index contributed by atoms with van der Waals surface area (Å²) < 4.78 is 0. The van der Waals surface area contributed by atoms with Gasteiger partial charge in [0.2, 0.25) is 5.91 Å². The van der Waals surface area contributed by atoms with Crippen LogP contribution in [0, 0.1) is 6.92 Å². The molecule has 0 fully saturated rings. The number of aromatic nitrogens is 2. The molecule has 5 heteroatoms. The van der Waals surface area contributed by atoms with Crippen molar-refractivity contribution >= 4 is 11.7 Å². The minimum atomic E-state index is 0.0230. The van der Waals surface area contributed by atoms with E-state index in [1.165, 1.54) is 5.56 Å². The lowest BCUT2D eigenvalue weighted by atomic mass is 10.1. The highest BCUT2D eigenvalue weighted by molar-refractivity contribution is 5.78. The van der Waals surface area contributed by atoms with Gasteiger partial charge in [0.25, 0.3) is 0 Å². The third kappa shape index (κ3) is 4.68. The molecule has 1 aromatic carbocycles. The zero-order chi connectivity index (χ0) is 14.2. The van der Waals surface area contributed by atoms with Crippen molar-refractivity contribution in [2.45, 2.75) is 13.3 Å². The average molecular weight is 270 g/mol. The summed E-state index contributed by atoms with van der Waals surface area (Å²) in [5.74, 6) is 0.732. The van der Waals surface area contributed by atoms with Gasteiger partial charge in [0.15, 0.2) is 0 Å². The SMILES string of the molecule is Cc1ccc(CC(=O)NCCNc2cnccn2)cc1. The molecule has 0 aliphatic carbocycles. The molecule has 0 radical (unpaired) electrons. The second-order valence-corrected chi connectivity index (χ2v) is 4.53. The van der Waals surface area contributed by atoms with Crippen LogP contribution in [-0.2, 0) is 11.2 Å². The normalized spacial score (nSPS) is 10.1. The number of benzene rings is 1. The molecule has 0 spiro atoms. The monoisotopic (exact) mass is 270 g/mol. The Hall–Kier alpha value is -2.43. The van der Waals surface area contributed by atoms with Gasteiger partial charge in [-0.1, -0.05) is 29.8 Å². The predicted molar refractivity (Wildman–Crippen MR) is 78.4 cm³/mol. The molecule has 1 amide bonds. The third-order valence-electron chi connectivity index (χ3n) is 2.80. The van der Waals surface area contributed by atoms with Crippen molar-refractivity contribution in [3.8, 4) is 0 Å². The van der Waals surface area contributed by atoms with Crippen LogP contribution >= 0.6 is 0 Å². The van der Waals surface area contributed by atoms with Crippen molar-refractivity contribution in [2.75, 3.05) is 18.4 Å².